The molecule has 7 heteroatoms. The van der Waals surface area contributed by atoms with Crippen LogP contribution in [0.4, 0.5) is 0 Å². The van der Waals surface area contributed by atoms with Crippen molar-refractivity contribution in [2.75, 3.05) is 6.61 Å². The van der Waals surface area contributed by atoms with Crippen molar-refractivity contribution in [1.29, 1.82) is 0 Å². The van der Waals surface area contributed by atoms with Gasteiger partial charge in [-0.1, -0.05) is 31.5 Å². The van der Waals surface area contributed by atoms with Crippen molar-refractivity contribution >= 4 is 11.6 Å². The minimum atomic E-state index is -1.48. The molecular weight excluding hydrogens is 312 g/mol. The first-order valence-electron chi connectivity index (χ1n) is 7.11. The maximum atomic E-state index is 9.97. The third-order valence-corrected chi connectivity index (χ3v) is 4.03. The highest BCUT2D eigenvalue weighted by Crippen LogP contribution is 2.32. The van der Waals surface area contributed by atoms with Crippen LogP contribution < -0.4 is 4.74 Å². The molecule has 0 spiro atoms. The number of hydrogen-bond donors (Lipinski definition) is 4. The van der Waals surface area contributed by atoms with E-state index in [1.54, 1.807) is 12.1 Å². The summed E-state index contributed by atoms with van der Waals surface area (Å²) in [7, 11) is 0. The zero-order valence-electron chi connectivity index (χ0n) is 12.4. The molecule has 22 heavy (non-hydrogen) atoms. The van der Waals surface area contributed by atoms with E-state index in [2.05, 4.69) is 0 Å². The van der Waals surface area contributed by atoms with Crippen LogP contribution in [0.15, 0.2) is 18.2 Å². The Morgan fingerprint density at radius 1 is 1.18 bits per heavy atom. The van der Waals surface area contributed by atoms with Crippen LogP contribution in [0.5, 0.6) is 5.75 Å². The molecule has 0 bridgehead atoms. The summed E-state index contributed by atoms with van der Waals surface area (Å²) in [6.07, 6.45) is -6.62. The summed E-state index contributed by atoms with van der Waals surface area (Å²) < 4.78 is 10.9. The molecule has 1 heterocycles. The lowest BCUT2D eigenvalue weighted by Gasteiger charge is -2.39. The fraction of sp³-hybridized carbons (Fsp3) is 0.600. The molecule has 0 saturated carbocycles. The van der Waals surface area contributed by atoms with Gasteiger partial charge in [0.1, 0.15) is 30.2 Å². The molecule has 1 saturated heterocycles. The largest absolute Gasteiger partial charge is 0.460 e. The first-order chi connectivity index (χ1) is 10.3. The minimum Gasteiger partial charge on any atom is -0.460 e. The second-order valence-electron chi connectivity index (χ2n) is 5.66. The van der Waals surface area contributed by atoms with Crippen molar-refractivity contribution in [3.05, 3.63) is 28.8 Å². The van der Waals surface area contributed by atoms with Crippen LogP contribution in [-0.2, 0) is 4.74 Å². The summed E-state index contributed by atoms with van der Waals surface area (Å²) in [5.74, 6) is 0.562. The highest BCUT2D eigenvalue weighted by Gasteiger charge is 2.44. The Balaban J connectivity index is 2.20. The molecule has 0 radical (unpaired) electrons. The monoisotopic (exact) mass is 332 g/mol. The number of ether oxygens (including phenoxy) is 2. The van der Waals surface area contributed by atoms with E-state index in [1.165, 1.54) is 0 Å². The third-order valence-electron chi connectivity index (χ3n) is 3.71. The van der Waals surface area contributed by atoms with Crippen LogP contribution in [0.3, 0.4) is 0 Å². The number of hydrogen-bond acceptors (Lipinski definition) is 6. The minimum absolute atomic E-state index is 0.259. The van der Waals surface area contributed by atoms with E-state index in [4.69, 9.17) is 26.2 Å². The Kier molecular flexibility index (Phi) is 5.65. The molecule has 2 rings (SSSR count). The lowest BCUT2D eigenvalue weighted by molar-refractivity contribution is -0.277. The smallest absolute Gasteiger partial charge is 0.229 e. The molecule has 1 aromatic carbocycles. The molecular formula is C15H21ClO6. The van der Waals surface area contributed by atoms with Crippen LogP contribution in [-0.4, -0.2) is 57.7 Å². The number of benzene rings is 1. The summed E-state index contributed by atoms with van der Waals surface area (Å²) in [6, 6.07) is 5.28. The van der Waals surface area contributed by atoms with Gasteiger partial charge in [-0.25, -0.2) is 0 Å². The zero-order chi connectivity index (χ0) is 16.4. The summed E-state index contributed by atoms with van der Waals surface area (Å²) in [5.41, 5.74) is 0.990. The SMILES string of the molecule is CC(C)c1ccc(Cl)c(OC2OC(CO)C(O)C(O)C2O)c1. The summed E-state index contributed by atoms with van der Waals surface area (Å²) >= 11 is 6.08. The van der Waals surface area contributed by atoms with Gasteiger partial charge in [-0.3, -0.25) is 0 Å². The van der Waals surface area contributed by atoms with Gasteiger partial charge in [0.15, 0.2) is 0 Å². The topological polar surface area (TPSA) is 99.4 Å². The van der Waals surface area contributed by atoms with Gasteiger partial charge in [-0.2, -0.15) is 0 Å². The van der Waals surface area contributed by atoms with Crippen molar-refractivity contribution < 1.29 is 29.9 Å². The summed E-state index contributed by atoms with van der Waals surface area (Å²) in [4.78, 5) is 0. The molecule has 5 atom stereocenters. The second-order valence-corrected chi connectivity index (χ2v) is 6.07. The van der Waals surface area contributed by atoms with Crippen molar-refractivity contribution in [1.82, 2.24) is 0 Å². The van der Waals surface area contributed by atoms with Gasteiger partial charge in [-0.05, 0) is 23.6 Å². The van der Waals surface area contributed by atoms with Crippen LogP contribution in [0, 0.1) is 0 Å². The highest BCUT2D eigenvalue weighted by molar-refractivity contribution is 6.32. The van der Waals surface area contributed by atoms with Crippen LogP contribution in [0.1, 0.15) is 25.3 Å². The Hall–Kier alpha value is -0.890. The Labute approximate surface area is 133 Å². The predicted octanol–water partition coefficient (Wildman–Crippen LogP) is 0.642. The van der Waals surface area contributed by atoms with E-state index < -0.39 is 37.3 Å². The molecule has 5 unspecified atom stereocenters. The zero-order valence-corrected chi connectivity index (χ0v) is 13.1. The molecule has 1 fully saturated rings. The highest BCUT2D eigenvalue weighted by atomic mass is 35.5. The van der Waals surface area contributed by atoms with Gasteiger partial charge in [0.25, 0.3) is 0 Å². The van der Waals surface area contributed by atoms with Crippen LogP contribution in [0.2, 0.25) is 5.02 Å². The first kappa shape index (κ1) is 17.5. The van der Waals surface area contributed by atoms with Gasteiger partial charge >= 0.3 is 0 Å². The standard InChI is InChI=1S/C15H21ClO6/c1-7(2)8-3-4-9(16)10(5-8)21-15-14(20)13(19)12(18)11(6-17)22-15/h3-5,7,11-15,17-20H,6H2,1-2H3. The molecule has 1 aliphatic rings. The van der Waals surface area contributed by atoms with Crippen molar-refractivity contribution in [2.24, 2.45) is 0 Å². The van der Waals surface area contributed by atoms with Gasteiger partial charge in [-0.15, -0.1) is 0 Å². The molecule has 1 aliphatic heterocycles. The number of halogens is 1. The number of rotatable bonds is 4. The van der Waals surface area contributed by atoms with Crippen LogP contribution >= 0.6 is 11.6 Å². The number of aliphatic hydroxyl groups excluding tert-OH is 4. The average Bonchev–Trinajstić information content (AvgIpc) is 2.49. The van der Waals surface area contributed by atoms with E-state index in [9.17, 15) is 15.3 Å². The summed E-state index contributed by atoms with van der Waals surface area (Å²) in [5, 5.41) is 39.0. The van der Waals surface area contributed by atoms with Gasteiger partial charge < -0.3 is 29.9 Å². The van der Waals surface area contributed by atoms with E-state index in [0.29, 0.717) is 10.8 Å². The molecule has 0 aromatic heterocycles. The quantitative estimate of drug-likeness (QED) is 0.646. The van der Waals surface area contributed by atoms with E-state index in [1.807, 2.05) is 19.9 Å². The Morgan fingerprint density at radius 2 is 1.86 bits per heavy atom. The molecule has 124 valence electrons. The molecule has 6 nitrogen and oxygen atoms in total. The van der Waals surface area contributed by atoms with Gasteiger partial charge in [0.2, 0.25) is 6.29 Å². The second kappa shape index (κ2) is 7.12. The van der Waals surface area contributed by atoms with Gasteiger partial charge in [0.05, 0.1) is 11.6 Å². The molecule has 0 amide bonds. The van der Waals surface area contributed by atoms with E-state index in [-0.39, 0.29) is 5.92 Å². The lowest BCUT2D eigenvalue weighted by atomic mass is 9.99. The molecule has 0 aliphatic carbocycles. The lowest BCUT2D eigenvalue weighted by Crippen LogP contribution is -2.60. The molecule has 4 N–H and O–H groups in total. The van der Waals surface area contributed by atoms with E-state index >= 15 is 0 Å². The maximum absolute atomic E-state index is 9.97. The Bertz CT molecular complexity index is 507. The molecule has 1 aromatic rings. The normalized spacial score (nSPS) is 32.3. The van der Waals surface area contributed by atoms with E-state index in [0.717, 1.165) is 5.56 Å². The summed E-state index contributed by atoms with van der Waals surface area (Å²) in [6.45, 7) is 3.52. The van der Waals surface area contributed by atoms with Crippen molar-refractivity contribution in [2.45, 2.75) is 50.5 Å². The van der Waals surface area contributed by atoms with Crippen molar-refractivity contribution in [3.8, 4) is 5.75 Å². The fourth-order valence-electron chi connectivity index (χ4n) is 2.26. The maximum Gasteiger partial charge on any atom is 0.229 e. The fourth-order valence-corrected chi connectivity index (χ4v) is 2.42. The Morgan fingerprint density at radius 3 is 2.45 bits per heavy atom. The van der Waals surface area contributed by atoms with Crippen molar-refractivity contribution in [3.63, 3.8) is 0 Å². The third kappa shape index (κ3) is 3.53. The predicted molar refractivity (Wildman–Crippen MR) is 79.9 cm³/mol. The van der Waals surface area contributed by atoms with Gasteiger partial charge in [0, 0.05) is 0 Å². The van der Waals surface area contributed by atoms with Crippen LogP contribution in [0.25, 0.3) is 0 Å². The number of aliphatic hydroxyl groups is 4. The first-order valence-corrected chi connectivity index (χ1v) is 7.49. The average molecular weight is 333 g/mol.